The summed E-state index contributed by atoms with van der Waals surface area (Å²) < 4.78 is 0. The number of nitro benzene ring substituents is 1. The van der Waals surface area contributed by atoms with Crippen LogP contribution in [-0.2, 0) is 13.0 Å². The second-order valence-corrected chi connectivity index (χ2v) is 4.55. The first-order valence-electron chi connectivity index (χ1n) is 6.45. The summed E-state index contributed by atoms with van der Waals surface area (Å²) in [6.07, 6.45) is 1.02. The molecule has 0 aliphatic heterocycles. The summed E-state index contributed by atoms with van der Waals surface area (Å²) in [5, 5.41) is 13.9. The number of hydrogen-bond acceptors (Lipinski definition) is 4. The zero-order chi connectivity index (χ0) is 14.5. The van der Waals surface area contributed by atoms with E-state index in [4.69, 9.17) is 5.73 Å². The molecule has 2 rings (SSSR count). The van der Waals surface area contributed by atoms with E-state index < -0.39 is 4.92 Å². The Morgan fingerprint density at radius 2 is 1.80 bits per heavy atom. The van der Waals surface area contributed by atoms with Crippen LogP contribution in [0, 0.1) is 10.1 Å². The number of nitrogens with two attached hydrogens (primary N) is 1. The van der Waals surface area contributed by atoms with Gasteiger partial charge in [0, 0.05) is 18.3 Å². The molecule has 104 valence electrons. The summed E-state index contributed by atoms with van der Waals surface area (Å²) in [4.78, 5) is 10.2. The van der Waals surface area contributed by atoms with E-state index in [1.807, 2.05) is 0 Å². The second kappa shape index (κ2) is 6.06. The zero-order valence-corrected chi connectivity index (χ0v) is 11.3. The lowest BCUT2D eigenvalue weighted by molar-refractivity contribution is -0.383. The van der Waals surface area contributed by atoms with Crippen LogP contribution < -0.4 is 11.1 Å². The fourth-order valence-corrected chi connectivity index (χ4v) is 1.93. The summed E-state index contributed by atoms with van der Waals surface area (Å²) in [7, 11) is 0. The molecule has 0 saturated heterocycles. The highest BCUT2D eigenvalue weighted by Gasteiger charge is 2.10. The van der Waals surface area contributed by atoms with Crippen LogP contribution in [0.1, 0.15) is 18.1 Å². The van der Waals surface area contributed by atoms with Gasteiger partial charge in [-0.05, 0) is 29.7 Å². The van der Waals surface area contributed by atoms with Crippen molar-refractivity contribution in [2.24, 2.45) is 0 Å². The third-order valence-corrected chi connectivity index (χ3v) is 3.15. The first kappa shape index (κ1) is 13.9. The molecule has 0 fully saturated rings. The van der Waals surface area contributed by atoms with Gasteiger partial charge in [0.25, 0.3) is 5.69 Å². The van der Waals surface area contributed by atoms with Crippen molar-refractivity contribution in [3.8, 4) is 0 Å². The highest BCUT2D eigenvalue weighted by Crippen LogP contribution is 2.24. The molecule has 20 heavy (non-hydrogen) atoms. The van der Waals surface area contributed by atoms with Crippen LogP contribution in [0.2, 0.25) is 0 Å². The maximum absolute atomic E-state index is 10.7. The molecule has 0 unspecified atom stereocenters. The highest BCUT2D eigenvalue weighted by molar-refractivity contribution is 5.65. The zero-order valence-electron chi connectivity index (χ0n) is 11.3. The quantitative estimate of drug-likeness (QED) is 0.496. The van der Waals surface area contributed by atoms with Gasteiger partial charge in [-0.2, -0.15) is 0 Å². The molecule has 5 heteroatoms. The number of anilines is 2. The lowest BCUT2D eigenvalue weighted by atomic mass is 10.1. The van der Waals surface area contributed by atoms with Crippen LogP contribution in [-0.4, -0.2) is 4.92 Å². The lowest BCUT2D eigenvalue weighted by Gasteiger charge is -2.08. The standard InChI is InChI=1S/C15H17N3O2/c1-2-11-3-5-12(6-4-11)10-17-13-7-8-15(18(19)20)14(16)9-13/h3-9,17H,2,10,16H2,1H3. The average molecular weight is 271 g/mol. The molecule has 0 bridgehead atoms. The number of nitrogen functional groups attached to an aromatic ring is 1. The van der Waals surface area contributed by atoms with E-state index in [1.54, 1.807) is 12.1 Å². The van der Waals surface area contributed by atoms with Crippen molar-refractivity contribution in [2.45, 2.75) is 19.9 Å². The molecule has 2 aromatic carbocycles. The minimum absolute atomic E-state index is 0.0668. The molecule has 0 amide bonds. The minimum atomic E-state index is -0.484. The number of nitrogens with one attached hydrogen (secondary N) is 1. The fraction of sp³-hybridized carbons (Fsp3) is 0.200. The number of hydrogen-bond donors (Lipinski definition) is 2. The maximum Gasteiger partial charge on any atom is 0.292 e. The molecule has 0 aliphatic rings. The maximum atomic E-state index is 10.7. The number of rotatable bonds is 5. The second-order valence-electron chi connectivity index (χ2n) is 4.55. The molecule has 0 spiro atoms. The van der Waals surface area contributed by atoms with E-state index in [0.29, 0.717) is 6.54 Å². The van der Waals surface area contributed by atoms with Crippen LogP contribution in [0.4, 0.5) is 17.1 Å². The predicted molar refractivity (Wildman–Crippen MR) is 80.7 cm³/mol. The first-order chi connectivity index (χ1) is 9.60. The van der Waals surface area contributed by atoms with Crippen LogP contribution in [0.5, 0.6) is 0 Å². The summed E-state index contributed by atoms with van der Waals surface area (Å²) >= 11 is 0. The molecule has 2 aromatic rings. The number of benzene rings is 2. The molecule has 0 aliphatic carbocycles. The van der Waals surface area contributed by atoms with Crippen molar-refractivity contribution in [3.63, 3.8) is 0 Å². The van der Waals surface area contributed by atoms with Crippen LogP contribution in [0.3, 0.4) is 0 Å². The molecule has 0 aromatic heterocycles. The van der Waals surface area contributed by atoms with E-state index in [2.05, 4.69) is 36.5 Å². The number of nitro groups is 1. The lowest BCUT2D eigenvalue weighted by Crippen LogP contribution is -2.01. The van der Waals surface area contributed by atoms with Gasteiger partial charge in [-0.15, -0.1) is 0 Å². The van der Waals surface area contributed by atoms with E-state index in [0.717, 1.165) is 17.7 Å². The SMILES string of the molecule is CCc1ccc(CNc2ccc([N+](=O)[O-])c(N)c2)cc1. The third-order valence-electron chi connectivity index (χ3n) is 3.15. The Morgan fingerprint density at radius 3 is 2.35 bits per heavy atom. The smallest absolute Gasteiger partial charge is 0.292 e. The van der Waals surface area contributed by atoms with Gasteiger partial charge in [0.2, 0.25) is 0 Å². The highest BCUT2D eigenvalue weighted by atomic mass is 16.6. The predicted octanol–water partition coefficient (Wildman–Crippen LogP) is 3.35. The van der Waals surface area contributed by atoms with Crippen molar-refractivity contribution >= 4 is 17.1 Å². The average Bonchev–Trinajstić information content (AvgIpc) is 2.45. The number of nitrogens with zero attached hydrogens (tertiary/aromatic N) is 1. The first-order valence-corrected chi connectivity index (χ1v) is 6.45. The Balaban J connectivity index is 2.03. The van der Waals surface area contributed by atoms with Crippen molar-refractivity contribution in [1.82, 2.24) is 0 Å². The molecule has 0 saturated carbocycles. The van der Waals surface area contributed by atoms with Gasteiger partial charge in [-0.25, -0.2) is 0 Å². The van der Waals surface area contributed by atoms with Gasteiger partial charge in [0.05, 0.1) is 4.92 Å². The Morgan fingerprint density at radius 1 is 1.15 bits per heavy atom. The molecule has 5 nitrogen and oxygen atoms in total. The van der Waals surface area contributed by atoms with E-state index in [1.165, 1.54) is 11.6 Å². The largest absolute Gasteiger partial charge is 0.393 e. The van der Waals surface area contributed by atoms with Crippen LogP contribution in [0.15, 0.2) is 42.5 Å². The topological polar surface area (TPSA) is 81.2 Å². The molecule has 0 atom stereocenters. The van der Waals surface area contributed by atoms with Gasteiger partial charge in [0.15, 0.2) is 0 Å². The molecule has 0 radical (unpaired) electrons. The van der Waals surface area contributed by atoms with Gasteiger partial charge < -0.3 is 11.1 Å². The van der Waals surface area contributed by atoms with Gasteiger partial charge in [0.1, 0.15) is 5.69 Å². The van der Waals surface area contributed by atoms with Crippen molar-refractivity contribution in [3.05, 3.63) is 63.7 Å². The summed E-state index contributed by atoms with van der Waals surface area (Å²) in [5.74, 6) is 0. The third kappa shape index (κ3) is 3.26. The van der Waals surface area contributed by atoms with E-state index in [-0.39, 0.29) is 11.4 Å². The van der Waals surface area contributed by atoms with E-state index >= 15 is 0 Å². The normalized spacial score (nSPS) is 10.2. The van der Waals surface area contributed by atoms with Crippen molar-refractivity contribution < 1.29 is 4.92 Å². The summed E-state index contributed by atoms with van der Waals surface area (Å²) in [6, 6.07) is 13.0. The van der Waals surface area contributed by atoms with Crippen molar-refractivity contribution in [1.29, 1.82) is 0 Å². The number of aryl methyl sites for hydroxylation is 1. The van der Waals surface area contributed by atoms with Gasteiger partial charge >= 0.3 is 0 Å². The molecular formula is C15H17N3O2. The summed E-state index contributed by atoms with van der Waals surface area (Å²) in [5.41, 5.74) is 8.97. The molecular weight excluding hydrogens is 254 g/mol. The van der Waals surface area contributed by atoms with Crippen molar-refractivity contribution in [2.75, 3.05) is 11.1 Å². The van der Waals surface area contributed by atoms with Gasteiger partial charge in [-0.1, -0.05) is 31.2 Å². The fourth-order valence-electron chi connectivity index (χ4n) is 1.93. The monoisotopic (exact) mass is 271 g/mol. The molecule has 0 heterocycles. The Hall–Kier alpha value is -2.56. The van der Waals surface area contributed by atoms with Crippen LogP contribution in [0.25, 0.3) is 0 Å². The summed E-state index contributed by atoms with van der Waals surface area (Å²) in [6.45, 7) is 2.77. The minimum Gasteiger partial charge on any atom is -0.393 e. The van der Waals surface area contributed by atoms with Crippen LogP contribution >= 0.6 is 0 Å². The van der Waals surface area contributed by atoms with Gasteiger partial charge in [-0.3, -0.25) is 10.1 Å². The Labute approximate surface area is 117 Å². The Kier molecular flexibility index (Phi) is 4.20. The molecule has 3 N–H and O–H groups in total. The van der Waals surface area contributed by atoms with E-state index in [9.17, 15) is 10.1 Å². The Bertz CT molecular complexity index is 609.